The first kappa shape index (κ1) is 18.5. The van der Waals surface area contributed by atoms with Crippen molar-refractivity contribution in [1.82, 2.24) is 10.0 Å². The fourth-order valence-electron chi connectivity index (χ4n) is 5.56. The summed E-state index contributed by atoms with van der Waals surface area (Å²) >= 11 is 0. The fourth-order valence-corrected chi connectivity index (χ4v) is 5.56. The summed E-state index contributed by atoms with van der Waals surface area (Å²) in [6.45, 7) is 1.66. The first-order valence-corrected chi connectivity index (χ1v) is 10.7. The maximum Gasteiger partial charge on any atom is 0.253 e. The number of imide groups is 1. The number of carbonyl (C=O) groups excluding carboxylic acids is 2. The zero-order valence-electron chi connectivity index (χ0n) is 17.3. The summed E-state index contributed by atoms with van der Waals surface area (Å²) in [5.41, 5.74) is 1.72. The molecule has 0 aromatic heterocycles. The van der Waals surface area contributed by atoms with E-state index in [1.165, 1.54) is 4.90 Å². The number of hydrogen-bond donors (Lipinski definition) is 0. The Morgan fingerprint density at radius 2 is 1.52 bits per heavy atom. The Labute approximate surface area is 180 Å². The van der Waals surface area contributed by atoms with E-state index in [4.69, 9.17) is 4.74 Å². The number of hydrogen-bond acceptors (Lipinski definition) is 5. The molecule has 3 saturated heterocycles. The molecule has 3 aromatic carbocycles. The second-order valence-electron chi connectivity index (χ2n) is 8.38. The minimum Gasteiger partial charge on any atom is -0.497 e. The third kappa shape index (κ3) is 2.58. The normalized spacial score (nSPS) is 26.0. The first-order chi connectivity index (χ1) is 15.2. The van der Waals surface area contributed by atoms with Gasteiger partial charge in [0.2, 0.25) is 5.91 Å². The van der Waals surface area contributed by atoms with Crippen LogP contribution in [0, 0.1) is 5.92 Å². The Balaban J connectivity index is 1.46. The number of nitrogens with zero attached hydrogens (tertiary/aromatic N) is 3. The number of carbonyl (C=O) groups is 2. The third-order valence-electron chi connectivity index (χ3n) is 6.87. The summed E-state index contributed by atoms with van der Waals surface area (Å²) in [5.74, 6) is 0.138. The molecule has 3 aliphatic rings. The zero-order valence-corrected chi connectivity index (χ0v) is 17.3. The monoisotopic (exact) mass is 413 g/mol. The lowest BCUT2D eigenvalue weighted by atomic mass is 9.90. The molecule has 0 N–H and O–H groups in total. The first-order valence-electron chi connectivity index (χ1n) is 10.7. The van der Waals surface area contributed by atoms with Gasteiger partial charge in [-0.15, -0.1) is 0 Å². The van der Waals surface area contributed by atoms with E-state index in [1.807, 2.05) is 66.7 Å². The van der Waals surface area contributed by atoms with Gasteiger partial charge in [-0.3, -0.25) is 9.59 Å². The van der Waals surface area contributed by atoms with E-state index in [9.17, 15) is 9.59 Å². The van der Waals surface area contributed by atoms with Gasteiger partial charge in [0, 0.05) is 18.5 Å². The Bertz CT molecular complexity index is 1190. The number of fused-ring (bicyclic) bond motifs is 4. The van der Waals surface area contributed by atoms with Crippen molar-refractivity contribution in [2.24, 2.45) is 5.92 Å². The molecule has 3 heterocycles. The van der Waals surface area contributed by atoms with Crippen molar-refractivity contribution in [2.75, 3.05) is 25.1 Å². The minimum absolute atomic E-state index is 0.110. The van der Waals surface area contributed by atoms with Crippen molar-refractivity contribution in [3.8, 4) is 5.75 Å². The molecule has 156 valence electrons. The second-order valence-corrected chi connectivity index (χ2v) is 8.38. The van der Waals surface area contributed by atoms with E-state index in [0.29, 0.717) is 5.69 Å². The van der Waals surface area contributed by atoms with E-state index in [0.717, 1.165) is 41.6 Å². The molecular formula is C25H23N3O3. The van der Waals surface area contributed by atoms with E-state index in [-0.39, 0.29) is 17.9 Å². The summed E-state index contributed by atoms with van der Waals surface area (Å²) < 4.78 is 5.31. The molecule has 0 saturated carbocycles. The van der Waals surface area contributed by atoms with Crippen LogP contribution in [0.5, 0.6) is 5.75 Å². The van der Waals surface area contributed by atoms with E-state index < -0.39 is 12.0 Å². The predicted octanol–water partition coefficient (Wildman–Crippen LogP) is 3.38. The van der Waals surface area contributed by atoms with E-state index >= 15 is 0 Å². The topological polar surface area (TPSA) is 53.1 Å². The SMILES string of the molecule is COc1ccc([C@@H]2[C@H]3C(=O)N(c4cccc5ccccc45)C(=O)[C@@H]3N3CCCN23)cc1. The number of hydrazine groups is 1. The molecule has 3 aliphatic heterocycles. The summed E-state index contributed by atoms with van der Waals surface area (Å²) in [6, 6.07) is 21.0. The highest BCUT2D eigenvalue weighted by Crippen LogP contribution is 2.49. The Kier molecular flexibility index (Phi) is 4.13. The maximum atomic E-state index is 13.8. The smallest absolute Gasteiger partial charge is 0.253 e. The summed E-state index contributed by atoms with van der Waals surface area (Å²) in [7, 11) is 1.64. The molecule has 0 aliphatic carbocycles. The van der Waals surface area contributed by atoms with Gasteiger partial charge < -0.3 is 4.74 Å². The van der Waals surface area contributed by atoms with Gasteiger partial charge in [-0.1, -0.05) is 48.5 Å². The average molecular weight is 413 g/mol. The predicted molar refractivity (Wildman–Crippen MR) is 117 cm³/mol. The molecular weight excluding hydrogens is 390 g/mol. The number of benzene rings is 3. The highest BCUT2D eigenvalue weighted by molar-refractivity contribution is 6.26. The molecule has 3 atom stereocenters. The number of ether oxygens (including phenoxy) is 1. The van der Waals surface area contributed by atoms with Crippen LogP contribution < -0.4 is 9.64 Å². The highest BCUT2D eigenvalue weighted by Gasteiger charge is 2.62. The number of amides is 2. The van der Waals surface area contributed by atoms with Crippen LogP contribution in [-0.4, -0.2) is 48.1 Å². The average Bonchev–Trinajstić information content (AvgIpc) is 3.46. The molecule has 6 nitrogen and oxygen atoms in total. The number of methoxy groups -OCH3 is 1. The number of anilines is 1. The molecule has 31 heavy (non-hydrogen) atoms. The highest BCUT2D eigenvalue weighted by atomic mass is 16.5. The van der Waals surface area contributed by atoms with Gasteiger partial charge in [-0.2, -0.15) is 0 Å². The van der Waals surface area contributed by atoms with Gasteiger partial charge in [0.1, 0.15) is 11.8 Å². The molecule has 6 heteroatoms. The lowest BCUT2D eigenvalue weighted by Gasteiger charge is -2.30. The largest absolute Gasteiger partial charge is 0.497 e. The van der Waals surface area contributed by atoms with Crippen LogP contribution in [0.3, 0.4) is 0 Å². The molecule has 3 aromatic rings. The Hall–Kier alpha value is -3.22. The third-order valence-corrected chi connectivity index (χ3v) is 6.87. The van der Waals surface area contributed by atoms with E-state index in [2.05, 4.69) is 10.0 Å². The zero-order chi connectivity index (χ0) is 21.1. The van der Waals surface area contributed by atoms with E-state index in [1.54, 1.807) is 7.11 Å². The molecule has 0 radical (unpaired) electrons. The Morgan fingerprint density at radius 3 is 2.29 bits per heavy atom. The van der Waals surface area contributed by atoms with Crippen molar-refractivity contribution in [2.45, 2.75) is 18.5 Å². The Morgan fingerprint density at radius 1 is 0.806 bits per heavy atom. The van der Waals surface area contributed by atoms with Gasteiger partial charge in [-0.05, 0) is 35.6 Å². The summed E-state index contributed by atoms with van der Waals surface area (Å²) in [6.07, 6.45) is 0.992. The van der Waals surface area contributed by atoms with Crippen LogP contribution in [0.2, 0.25) is 0 Å². The van der Waals surface area contributed by atoms with Crippen molar-refractivity contribution >= 4 is 28.3 Å². The standard InChI is InChI=1S/C25H23N3O3/c1-31-18-12-10-17(11-13-18)22-21-23(27-15-5-14-26(22)27)25(30)28(24(21)29)20-9-4-7-16-6-2-3-8-19(16)20/h2-4,6-13,21-23H,5,14-15H2,1H3/t21-,22-,23-/m1/s1. The quantitative estimate of drug-likeness (QED) is 0.616. The van der Waals surface area contributed by atoms with Crippen LogP contribution in [0.1, 0.15) is 18.0 Å². The molecule has 6 rings (SSSR count). The molecule has 3 fully saturated rings. The molecule has 0 bridgehead atoms. The molecule has 2 amide bonds. The van der Waals surface area contributed by atoms with Crippen molar-refractivity contribution in [3.63, 3.8) is 0 Å². The van der Waals surface area contributed by atoms with Gasteiger partial charge in [0.05, 0.1) is 24.8 Å². The van der Waals surface area contributed by atoms with Gasteiger partial charge in [0.15, 0.2) is 0 Å². The fraction of sp³-hybridized carbons (Fsp3) is 0.280. The lowest BCUT2D eigenvalue weighted by Crippen LogP contribution is -2.44. The summed E-state index contributed by atoms with van der Waals surface area (Å²) in [4.78, 5) is 28.9. The van der Waals surface area contributed by atoms with Crippen LogP contribution in [-0.2, 0) is 9.59 Å². The van der Waals surface area contributed by atoms with Crippen molar-refractivity contribution in [1.29, 1.82) is 0 Å². The van der Waals surface area contributed by atoms with Crippen molar-refractivity contribution in [3.05, 3.63) is 72.3 Å². The maximum absolute atomic E-state index is 13.8. The second kappa shape index (κ2) is 6.90. The van der Waals surface area contributed by atoms with Crippen LogP contribution in [0.4, 0.5) is 5.69 Å². The van der Waals surface area contributed by atoms with Crippen molar-refractivity contribution < 1.29 is 14.3 Å². The minimum atomic E-state index is -0.443. The number of rotatable bonds is 3. The van der Waals surface area contributed by atoms with Crippen LogP contribution in [0.15, 0.2) is 66.7 Å². The van der Waals surface area contributed by atoms with Gasteiger partial charge in [0.25, 0.3) is 5.91 Å². The lowest BCUT2D eigenvalue weighted by molar-refractivity contribution is -0.126. The van der Waals surface area contributed by atoms with Crippen LogP contribution >= 0.6 is 0 Å². The van der Waals surface area contributed by atoms with Gasteiger partial charge >= 0.3 is 0 Å². The molecule has 0 spiro atoms. The van der Waals surface area contributed by atoms with Crippen LogP contribution in [0.25, 0.3) is 10.8 Å². The van der Waals surface area contributed by atoms with Gasteiger partial charge in [-0.25, -0.2) is 14.9 Å². The molecule has 0 unspecified atom stereocenters. The summed E-state index contributed by atoms with van der Waals surface area (Å²) in [5, 5.41) is 6.30.